The number of allylic oxidation sites excluding steroid dienone is 1. The van der Waals surface area contributed by atoms with Crippen LogP contribution in [0.5, 0.6) is 5.75 Å². The Morgan fingerprint density at radius 1 is 1.29 bits per heavy atom. The molecule has 3 aromatic rings. The molecular weight excluding hydrogens is 400 g/mol. The summed E-state index contributed by atoms with van der Waals surface area (Å²) >= 11 is 0. The summed E-state index contributed by atoms with van der Waals surface area (Å²) in [4.78, 5) is 0. The highest BCUT2D eigenvalue weighted by Gasteiger charge is 2.49. The number of fused-ring (bicyclic) bond motifs is 2. The zero-order chi connectivity index (χ0) is 21.8. The molecule has 2 bridgehead atoms. The number of halogens is 2. The van der Waals surface area contributed by atoms with Crippen LogP contribution in [0.15, 0.2) is 49.3 Å². The van der Waals surface area contributed by atoms with Crippen LogP contribution in [0.3, 0.4) is 0 Å². The van der Waals surface area contributed by atoms with Crippen molar-refractivity contribution in [1.29, 1.82) is 0 Å². The van der Waals surface area contributed by atoms with E-state index in [9.17, 15) is 13.9 Å². The predicted octanol–water partition coefficient (Wildman–Crippen LogP) is 4.06. The van der Waals surface area contributed by atoms with Crippen LogP contribution in [0.25, 0.3) is 22.5 Å². The molecular formula is C23H23F2N5O. The van der Waals surface area contributed by atoms with Crippen LogP contribution in [0.2, 0.25) is 0 Å². The molecule has 31 heavy (non-hydrogen) atoms. The summed E-state index contributed by atoms with van der Waals surface area (Å²) < 4.78 is 29.5. The number of phenols is 1. The van der Waals surface area contributed by atoms with E-state index >= 15 is 0 Å². The minimum atomic E-state index is -0.992. The van der Waals surface area contributed by atoms with Gasteiger partial charge >= 0.3 is 0 Å². The molecule has 6 nitrogen and oxygen atoms in total. The largest absolute Gasteiger partial charge is 0.507 e. The molecule has 8 heteroatoms. The quantitative estimate of drug-likeness (QED) is 0.662. The molecule has 2 saturated heterocycles. The smallest absolute Gasteiger partial charge is 0.161 e. The third kappa shape index (κ3) is 3.50. The molecule has 160 valence electrons. The SMILES string of the molecule is C=C(c1ccc(-c2ccc(-n3cc(F)cn3)cc2O)nn1)[C@H]1C[C@]2(C)CC[C@@H](N2)[C@H]1F. The second-order valence-corrected chi connectivity index (χ2v) is 8.74. The minimum Gasteiger partial charge on any atom is -0.507 e. The van der Waals surface area contributed by atoms with Gasteiger partial charge in [0.2, 0.25) is 0 Å². The maximum absolute atomic E-state index is 15.0. The summed E-state index contributed by atoms with van der Waals surface area (Å²) in [5.41, 5.74) is 2.64. The lowest BCUT2D eigenvalue weighted by atomic mass is 9.78. The Hall–Kier alpha value is -3.13. The molecule has 2 aliphatic rings. The fourth-order valence-corrected chi connectivity index (χ4v) is 4.82. The standard InChI is InChI=1S/C23H23F2N5O/c1-13(17-10-23(2)8-7-20(27-23)22(17)25)18-5-6-19(29-28-18)16-4-3-15(9-21(16)31)30-12-14(24)11-26-30/h3-6,9,11-12,17,20,22,27,31H,1,7-8,10H2,2H3/t17-,20-,22+,23+/m1/s1. The van der Waals surface area contributed by atoms with E-state index in [0.29, 0.717) is 34.6 Å². The van der Waals surface area contributed by atoms with Crippen molar-refractivity contribution in [3.05, 3.63) is 60.8 Å². The Morgan fingerprint density at radius 2 is 2.13 bits per heavy atom. The van der Waals surface area contributed by atoms with Gasteiger partial charge in [-0.15, -0.1) is 5.10 Å². The Kier molecular flexibility index (Phi) is 4.62. The molecule has 0 amide bonds. The predicted molar refractivity (Wildman–Crippen MR) is 113 cm³/mol. The van der Waals surface area contributed by atoms with Crippen molar-refractivity contribution < 1.29 is 13.9 Å². The van der Waals surface area contributed by atoms with Crippen LogP contribution in [0.4, 0.5) is 8.78 Å². The van der Waals surface area contributed by atoms with Crippen LogP contribution < -0.4 is 5.32 Å². The second kappa shape index (κ2) is 7.23. The van der Waals surface area contributed by atoms with E-state index in [1.807, 2.05) is 0 Å². The van der Waals surface area contributed by atoms with Crippen LogP contribution in [-0.2, 0) is 0 Å². The third-order valence-electron chi connectivity index (χ3n) is 6.49. The summed E-state index contributed by atoms with van der Waals surface area (Å²) in [6.45, 7) is 6.27. The lowest BCUT2D eigenvalue weighted by molar-refractivity contribution is 0.135. The van der Waals surface area contributed by atoms with E-state index < -0.39 is 12.0 Å². The Labute approximate surface area is 178 Å². The highest BCUT2D eigenvalue weighted by atomic mass is 19.1. The highest BCUT2D eigenvalue weighted by molar-refractivity contribution is 5.70. The van der Waals surface area contributed by atoms with Crippen molar-refractivity contribution in [3.8, 4) is 22.7 Å². The number of alkyl halides is 1. The van der Waals surface area contributed by atoms with Crippen LogP contribution in [0, 0.1) is 11.7 Å². The van der Waals surface area contributed by atoms with Gasteiger partial charge in [0, 0.05) is 29.1 Å². The summed E-state index contributed by atoms with van der Waals surface area (Å²) in [5, 5.41) is 26.2. The molecule has 1 aromatic carbocycles. The number of piperidine rings is 1. The highest BCUT2D eigenvalue weighted by Crippen LogP contribution is 2.44. The van der Waals surface area contributed by atoms with Gasteiger partial charge in [-0.25, -0.2) is 13.5 Å². The molecule has 5 rings (SSSR count). The molecule has 0 saturated carbocycles. The van der Waals surface area contributed by atoms with E-state index in [4.69, 9.17) is 0 Å². The van der Waals surface area contributed by atoms with E-state index in [1.54, 1.807) is 24.3 Å². The van der Waals surface area contributed by atoms with E-state index in [0.717, 1.165) is 19.0 Å². The number of hydrogen-bond donors (Lipinski definition) is 2. The Morgan fingerprint density at radius 3 is 2.81 bits per heavy atom. The molecule has 2 aromatic heterocycles. The number of nitrogens with zero attached hydrogens (tertiary/aromatic N) is 4. The lowest BCUT2D eigenvalue weighted by Gasteiger charge is -2.39. The van der Waals surface area contributed by atoms with Gasteiger partial charge in [-0.05, 0) is 56.0 Å². The molecule has 2 N–H and O–H groups in total. The number of nitrogens with one attached hydrogen (secondary N) is 1. The molecule has 2 fully saturated rings. The van der Waals surface area contributed by atoms with Gasteiger partial charge in [-0.1, -0.05) is 6.58 Å². The third-order valence-corrected chi connectivity index (χ3v) is 6.49. The van der Waals surface area contributed by atoms with Gasteiger partial charge in [-0.3, -0.25) is 0 Å². The maximum atomic E-state index is 15.0. The van der Waals surface area contributed by atoms with Crippen molar-refractivity contribution in [1.82, 2.24) is 25.3 Å². The molecule has 0 spiro atoms. The summed E-state index contributed by atoms with van der Waals surface area (Å²) in [6, 6.07) is 8.22. The van der Waals surface area contributed by atoms with Gasteiger partial charge in [0.05, 0.1) is 29.5 Å². The second-order valence-electron chi connectivity index (χ2n) is 8.74. The van der Waals surface area contributed by atoms with E-state index in [1.165, 1.54) is 16.9 Å². The number of benzene rings is 1. The summed E-state index contributed by atoms with van der Waals surface area (Å²) in [5.74, 6) is -0.779. The van der Waals surface area contributed by atoms with Crippen LogP contribution in [-0.4, -0.2) is 42.8 Å². The molecule has 4 heterocycles. The zero-order valence-corrected chi connectivity index (χ0v) is 17.1. The molecule has 0 radical (unpaired) electrons. The van der Waals surface area contributed by atoms with Gasteiger partial charge in [0.25, 0.3) is 0 Å². The van der Waals surface area contributed by atoms with Gasteiger partial charge < -0.3 is 10.4 Å². The number of rotatable bonds is 4. The number of aromatic nitrogens is 4. The number of phenolic OH excluding ortho intramolecular Hbond substituents is 1. The normalized spacial score (nSPS) is 27.4. The summed E-state index contributed by atoms with van der Waals surface area (Å²) in [6.07, 6.45) is 3.81. The topological polar surface area (TPSA) is 75.9 Å². The maximum Gasteiger partial charge on any atom is 0.161 e. The summed E-state index contributed by atoms with van der Waals surface area (Å²) in [7, 11) is 0. The first-order chi connectivity index (χ1) is 14.8. The van der Waals surface area contributed by atoms with Crippen molar-refractivity contribution >= 4 is 5.57 Å². The monoisotopic (exact) mass is 423 g/mol. The number of hydrogen-bond acceptors (Lipinski definition) is 5. The fourth-order valence-electron chi connectivity index (χ4n) is 4.82. The van der Waals surface area contributed by atoms with Crippen molar-refractivity contribution in [2.24, 2.45) is 5.92 Å². The lowest BCUT2D eigenvalue weighted by Crippen LogP contribution is -2.53. The first kappa shape index (κ1) is 19.8. The first-order valence-electron chi connectivity index (χ1n) is 10.3. The number of aromatic hydroxyl groups is 1. The van der Waals surface area contributed by atoms with Crippen LogP contribution >= 0.6 is 0 Å². The first-order valence-corrected chi connectivity index (χ1v) is 10.3. The molecule has 4 atom stereocenters. The Balaban J connectivity index is 1.37. The minimum absolute atomic E-state index is 0.0269. The van der Waals surface area contributed by atoms with Crippen molar-refractivity contribution in [2.75, 3.05) is 0 Å². The Bertz CT molecular complexity index is 1150. The average Bonchev–Trinajstić information content (AvgIpc) is 3.34. The fraction of sp³-hybridized carbons (Fsp3) is 0.348. The average molecular weight is 423 g/mol. The molecule has 0 unspecified atom stereocenters. The molecule has 0 aliphatic carbocycles. The molecule has 2 aliphatic heterocycles. The van der Waals surface area contributed by atoms with Crippen molar-refractivity contribution in [3.63, 3.8) is 0 Å². The zero-order valence-electron chi connectivity index (χ0n) is 17.1. The van der Waals surface area contributed by atoms with Gasteiger partial charge in [0.1, 0.15) is 11.9 Å². The van der Waals surface area contributed by atoms with Crippen molar-refractivity contribution in [2.45, 2.75) is 43.9 Å². The van der Waals surface area contributed by atoms with E-state index in [2.05, 4.69) is 34.1 Å². The van der Waals surface area contributed by atoms with Crippen LogP contribution in [0.1, 0.15) is 31.9 Å². The van der Waals surface area contributed by atoms with Gasteiger partial charge in [0.15, 0.2) is 5.82 Å². The van der Waals surface area contributed by atoms with E-state index in [-0.39, 0.29) is 23.2 Å². The van der Waals surface area contributed by atoms with Gasteiger partial charge in [-0.2, -0.15) is 10.2 Å².